The molecule has 3 nitrogen and oxygen atoms in total. The number of carbonyl (C=O) groups excluding carboxylic acids is 1. The zero-order chi connectivity index (χ0) is 7.98. The standard InChI is InChI=1S/C6H13N.CH3NO.ClH/c1-6-4-3-5-7(6)2;2-1-3;/h6H,3-5H2,1-2H3;1H,(H2,2,3);1H. The summed E-state index contributed by atoms with van der Waals surface area (Å²) in [7, 11) is 2.19. The molecule has 2 N–H and O–H groups in total. The number of hydrogen-bond acceptors (Lipinski definition) is 2. The molecule has 1 unspecified atom stereocenters. The Morgan fingerprint density at radius 2 is 2.09 bits per heavy atom. The second-order valence-corrected chi connectivity index (χ2v) is 2.61. The summed E-state index contributed by atoms with van der Waals surface area (Å²) in [4.78, 5) is 11.0. The lowest BCUT2D eigenvalue weighted by Gasteiger charge is -2.12. The Balaban J connectivity index is 0. The van der Waals surface area contributed by atoms with Crippen LogP contribution in [-0.2, 0) is 4.79 Å². The Kier molecular flexibility index (Phi) is 9.47. The number of hydrogen-bond donors (Lipinski definition) is 1. The van der Waals surface area contributed by atoms with E-state index in [1.807, 2.05) is 0 Å². The third kappa shape index (κ3) is 6.13. The van der Waals surface area contributed by atoms with Crippen LogP contribution in [0.15, 0.2) is 0 Å². The van der Waals surface area contributed by atoms with E-state index in [1.54, 1.807) is 0 Å². The zero-order valence-corrected chi connectivity index (χ0v) is 7.93. The third-order valence-electron chi connectivity index (χ3n) is 1.89. The molecule has 0 aromatic heterocycles. The lowest BCUT2D eigenvalue weighted by molar-refractivity contribution is -0.106. The van der Waals surface area contributed by atoms with Gasteiger partial charge in [-0.15, -0.1) is 12.4 Å². The first-order chi connectivity index (χ1) is 4.72. The molecule has 0 saturated carbocycles. The van der Waals surface area contributed by atoms with E-state index >= 15 is 0 Å². The van der Waals surface area contributed by atoms with Crippen LogP contribution in [0.2, 0.25) is 0 Å². The molecule has 0 aromatic rings. The first kappa shape index (κ1) is 13.3. The number of amides is 1. The Labute approximate surface area is 74.3 Å². The number of likely N-dealkylation sites (tertiary alicyclic amines) is 1. The molecule has 1 heterocycles. The van der Waals surface area contributed by atoms with Crippen molar-refractivity contribution in [2.45, 2.75) is 25.8 Å². The van der Waals surface area contributed by atoms with Crippen molar-refractivity contribution in [3.63, 3.8) is 0 Å². The van der Waals surface area contributed by atoms with Gasteiger partial charge in [0.25, 0.3) is 0 Å². The van der Waals surface area contributed by atoms with Crippen LogP contribution < -0.4 is 5.73 Å². The first-order valence-electron chi connectivity index (χ1n) is 3.58. The van der Waals surface area contributed by atoms with E-state index in [0.29, 0.717) is 0 Å². The predicted molar refractivity (Wildman–Crippen MR) is 48.8 cm³/mol. The topological polar surface area (TPSA) is 46.3 Å². The Hall–Kier alpha value is -0.280. The van der Waals surface area contributed by atoms with E-state index in [9.17, 15) is 0 Å². The van der Waals surface area contributed by atoms with E-state index < -0.39 is 0 Å². The number of primary amides is 1. The summed E-state index contributed by atoms with van der Waals surface area (Å²) in [5, 5.41) is 0. The van der Waals surface area contributed by atoms with Crippen molar-refractivity contribution in [3.05, 3.63) is 0 Å². The monoisotopic (exact) mass is 180 g/mol. The van der Waals surface area contributed by atoms with Gasteiger partial charge in [-0.25, -0.2) is 0 Å². The van der Waals surface area contributed by atoms with Crippen molar-refractivity contribution in [3.8, 4) is 0 Å². The predicted octanol–water partition coefficient (Wildman–Crippen LogP) is 0.624. The van der Waals surface area contributed by atoms with Crippen LogP contribution in [-0.4, -0.2) is 30.9 Å². The lowest BCUT2D eigenvalue weighted by atomic mass is 10.3. The second kappa shape index (κ2) is 7.82. The van der Waals surface area contributed by atoms with Crippen LogP contribution in [0, 0.1) is 0 Å². The molecule has 1 atom stereocenters. The number of halogens is 1. The maximum absolute atomic E-state index is 8.58. The Morgan fingerprint density at radius 3 is 2.18 bits per heavy atom. The van der Waals surface area contributed by atoms with Crippen molar-refractivity contribution in [2.75, 3.05) is 13.6 Å². The van der Waals surface area contributed by atoms with E-state index in [4.69, 9.17) is 4.79 Å². The molecule has 11 heavy (non-hydrogen) atoms. The summed E-state index contributed by atoms with van der Waals surface area (Å²) >= 11 is 0. The molecule has 1 aliphatic heterocycles. The van der Waals surface area contributed by atoms with Crippen molar-refractivity contribution in [1.82, 2.24) is 4.90 Å². The molecule has 0 bridgehead atoms. The lowest BCUT2D eigenvalue weighted by Crippen LogP contribution is -2.20. The molecule has 1 aliphatic rings. The quantitative estimate of drug-likeness (QED) is 0.556. The van der Waals surface area contributed by atoms with Crippen molar-refractivity contribution in [1.29, 1.82) is 0 Å². The minimum absolute atomic E-state index is 0. The van der Waals surface area contributed by atoms with Gasteiger partial charge in [0, 0.05) is 6.04 Å². The van der Waals surface area contributed by atoms with E-state index in [2.05, 4.69) is 24.6 Å². The highest BCUT2D eigenvalue weighted by Crippen LogP contribution is 2.12. The molecular weight excluding hydrogens is 164 g/mol. The van der Waals surface area contributed by atoms with Crippen LogP contribution in [0.5, 0.6) is 0 Å². The van der Waals surface area contributed by atoms with E-state index in [1.165, 1.54) is 19.4 Å². The smallest absolute Gasteiger partial charge is 0.204 e. The maximum Gasteiger partial charge on any atom is 0.204 e. The van der Waals surface area contributed by atoms with Crippen LogP contribution in [0.4, 0.5) is 0 Å². The highest BCUT2D eigenvalue weighted by molar-refractivity contribution is 5.85. The number of carbonyl (C=O) groups is 1. The zero-order valence-electron chi connectivity index (χ0n) is 7.12. The summed E-state index contributed by atoms with van der Waals surface area (Å²) in [6.45, 7) is 3.59. The number of nitrogens with zero attached hydrogens (tertiary/aromatic N) is 1. The van der Waals surface area contributed by atoms with Gasteiger partial charge in [-0.2, -0.15) is 0 Å². The number of rotatable bonds is 0. The van der Waals surface area contributed by atoms with Gasteiger partial charge in [0.2, 0.25) is 6.41 Å². The third-order valence-corrected chi connectivity index (χ3v) is 1.89. The first-order valence-corrected chi connectivity index (χ1v) is 3.58. The summed E-state index contributed by atoms with van der Waals surface area (Å²) in [5.74, 6) is 0. The van der Waals surface area contributed by atoms with Gasteiger partial charge in [-0.05, 0) is 33.4 Å². The highest BCUT2D eigenvalue weighted by atomic mass is 35.5. The van der Waals surface area contributed by atoms with Crippen molar-refractivity contribution in [2.24, 2.45) is 5.73 Å². The van der Waals surface area contributed by atoms with Crippen molar-refractivity contribution < 1.29 is 4.79 Å². The average molecular weight is 181 g/mol. The SMILES string of the molecule is CC1CCCN1C.Cl.NC=O. The Bertz CT molecular complexity index is 92.4. The molecule has 4 heteroatoms. The molecule has 0 radical (unpaired) electrons. The normalized spacial score (nSPS) is 22.9. The van der Waals surface area contributed by atoms with Gasteiger partial charge in [0.1, 0.15) is 0 Å². The van der Waals surface area contributed by atoms with E-state index in [0.717, 1.165) is 6.04 Å². The van der Waals surface area contributed by atoms with Gasteiger partial charge in [0.15, 0.2) is 0 Å². The summed E-state index contributed by atoms with van der Waals surface area (Å²) < 4.78 is 0. The van der Waals surface area contributed by atoms with Gasteiger partial charge in [-0.3, -0.25) is 4.79 Å². The number of nitrogens with two attached hydrogens (primary N) is 1. The molecule has 0 spiro atoms. The molecule has 0 aliphatic carbocycles. The minimum Gasteiger partial charge on any atom is -0.372 e. The van der Waals surface area contributed by atoms with Crippen LogP contribution in [0.3, 0.4) is 0 Å². The Morgan fingerprint density at radius 1 is 1.64 bits per heavy atom. The summed E-state index contributed by atoms with van der Waals surface area (Å²) in [6, 6.07) is 0.847. The van der Waals surface area contributed by atoms with Gasteiger partial charge in [-0.1, -0.05) is 0 Å². The molecule has 1 rings (SSSR count). The van der Waals surface area contributed by atoms with Crippen molar-refractivity contribution >= 4 is 18.8 Å². The molecule has 1 saturated heterocycles. The second-order valence-electron chi connectivity index (χ2n) is 2.61. The highest BCUT2D eigenvalue weighted by Gasteiger charge is 2.14. The fourth-order valence-corrected chi connectivity index (χ4v) is 1.08. The van der Waals surface area contributed by atoms with Crippen LogP contribution in [0.1, 0.15) is 19.8 Å². The molecule has 68 valence electrons. The molecular formula is C7H17ClN2O. The fraction of sp³-hybridized carbons (Fsp3) is 0.857. The molecule has 1 amide bonds. The van der Waals surface area contributed by atoms with Gasteiger partial charge < -0.3 is 10.6 Å². The van der Waals surface area contributed by atoms with Gasteiger partial charge >= 0.3 is 0 Å². The molecule has 0 aromatic carbocycles. The summed E-state index contributed by atoms with van der Waals surface area (Å²) in [5.41, 5.74) is 4.17. The maximum atomic E-state index is 8.58. The summed E-state index contributed by atoms with van der Waals surface area (Å²) in [6.07, 6.45) is 3.05. The largest absolute Gasteiger partial charge is 0.372 e. The van der Waals surface area contributed by atoms with Crippen LogP contribution >= 0.6 is 12.4 Å². The van der Waals surface area contributed by atoms with E-state index in [-0.39, 0.29) is 18.8 Å². The van der Waals surface area contributed by atoms with Gasteiger partial charge in [0.05, 0.1) is 0 Å². The average Bonchev–Trinajstić information content (AvgIpc) is 2.19. The molecule has 1 fully saturated rings. The van der Waals surface area contributed by atoms with Crippen LogP contribution in [0.25, 0.3) is 0 Å². The minimum atomic E-state index is 0. The fourth-order valence-electron chi connectivity index (χ4n) is 1.08.